The van der Waals surface area contributed by atoms with Crippen molar-refractivity contribution in [3.8, 4) is 0 Å². The fourth-order valence-electron chi connectivity index (χ4n) is 0.831. The van der Waals surface area contributed by atoms with Gasteiger partial charge in [-0.15, -0.1) is 0 Å². The molecule has 0 heterocycles. The Kier molecular flexibility index (Phi) is 8.33. The quantitative estimate of drug-likeness (QED) is 0.436. The molecular weight excluding hydrogens is 297 g/mol. The summed E-state index contributed by atoms with van der Waals surface area (Å²) in [6, 6.07) is 0. The number of carboxylic acid groups (broad SMARTS) is 1. The first-order valence-electron chi connectivity index (χ1n) is 4.35. The van der Waals surface area contributed by atoms with E-state index in [1.807, 2.05) is 21.1 Å². The molecule has 0 aliphatic carbocycles. The maximum Gasteiger partial charge on any atom is 0.303 e. The van der Waals surface area contributed by atoms with Crippen molar-refractivity contribution in [1.29, 1.82) is 0 Å². The maximum absolute atomic E-state index is 11.1. The van der Waals surface area contributed by atoms with Crippen LogP contribution in [0.25, 0.3) is 0 Å². The van der Waals surface area contributed by atoms with Crippen molar-refractivity contribution in [3.63, 3.8) is 0 Å². The maximum atomic E-state index is 11.1. The Bertz CT molecular complexity index is 199. The van der Waals surface area contributed by atoms with Crippen molar-refractivity contribution < 1.29 is 43.2 Å². The first-order valence-corrected chi connectivity index (χ1v) is 4.35. The number of quaternary nitrogens is 1. The summed E-state index contributed by atoms with van der Waals surface area (Å²) in [6.45, 7) is 0.762. The summed E-state index contributed by atoms with van der Waals surface area (Å²) in [5.41, 5.74) is 0. The number of Topliss-reactive ketones (excluding diaryl/α,β-unsaturated/α-hetero) is 1. The van der Waals surface area contributed by atoms with Gasteiger partial charge in [-0.2, -0.15) is 0 Å². The first-order chi connectivity index (χ1) is 5.81. The molecule has 0 atom stereocenters. The Labute approximate surface area is 102 Å². The summed E-state index contributed by atoms with van der Waals surface area (Å²) < 4.78 is 0.735. The number of aliphatic carboxylic acids is 1. The number of nitrogens with zero attached hydrogens (tertiary/aromatic N) is 1. The summed E-state index contributed by atoms with van der Waals surface area (Å²) in [5.74, 6) is -0.867. The van der Waals surface area contributed by atoms with Gasteiger partial charge in [-0.05, 0) is 0 Å². The minimum Gasteiger partial charge on any atom is -1.00 e. The zero-order valence-corrected chi connectivity index (χ0v) is 11.1. The lowest BCUT2D eigenvalue weighted by molar-refractivity contribution is -0.869. The van der Waals surface area contributed by atoms with Gasteiger partial charge in [0.15, 0.2) is 0 Å². The molecule has 0 aromatic heterocycles. The molecule has 0 saturated heterocycles. The van der Waals surface area contributed by atoms with Gasteiger partial charge >= 0.3 is 5.97 Å². The number of carboxylic acids is 1. The van der Waals surface area contributed by atoms with Crippen LogP contribution in [0.1, 0.15) is 19.3 Å². The monoisotopic (exact) mass is 315 g/mol. The molecule has 0 saturated carbocycles. The van der Waals surface area contributed by atoms with Crippen molar-refractivity contribution in [2.75, 3.05) is 27.7 Å². The lowest BCUT2D eigenvalue weighted by atomic mass is 10.1. The van der Waals surface area contributed by atoms with E-state index in [0.29, 0.717) is 6.42 Å². The molecule has 0 spiro atoms. The lowest BCUT2D eigenvalue weighted by Crippen LogP contribution is -3.00. The number of hydrogen-bond donors (Lipinski definition) is 1. The van der Waals surface area contributed by atoms with Crippen LogP contribution in [-0.4, -0.2) is 49.0 Å². The van der Waals surface area contributed by atoms with Crippen LogP contribution in [0.3, 0.4) is 0 Å². The van der Waals surface area contributed by atoms with Gasteiger partial charge < -0.3 is 33.6 Å². The van der Waals surface area contributed by atoms with Crippen molar-refractivity contribution in [3.05, 3.63) is 0 Å². The van der Waals surface area contributed by atoms with Crippen molar-refractivity contribution in [2.24, 2.45) is 0 Å². The van der Waals surface area contributed by atoms with Gasteiger partial charge in [0.2, 0.25) is 0 Å². The zero-order valence-electron chi connectivity index (χ0n) is 8.92. The van der Waals surface area contributed by atoms with E-state index in [1.54, 1.807) is 0 Å². The van der Waals surface area contributed by atoms with Crippen LogP contribution < -0.4 is 24.0 Å². The SMILES string of the molecule is C[N+](C)(C)CCC(=O)CCC(=O)O.[I-]. The Balaban J connectivity index is 0. The van der Waals surface area contributed by atoms with Gasteiger partial charge in [0.1, 0.15) is 5.78 Å². The highest BCUT2D eigenvalue weighted by Gasteiger charge is 2.11. The minimum atomic E-state index is -0.904. The van der Waals surface area contributed by atoms with E-state index in [2.05, 4.69) is 0 Å². The predicted molar refractivity (Wildman–Crippen MR) is 49.4 cm³/mol. The first kappa shape index (κ1) is 16.3. The highest BCUT2D eigenvalue weighted by atomic mass is 127. The van der Waals surface area contributed by atoms with Gasteiger partial charge in [0.25, 0.3) is 0 Å². The second-order valence-electron chi connectivity index (χ2n) is 4.20. The summed E-state index contributed by atoms with van der Waals surface area (Å²) in [5, 5.41) is 8.33. The van der Waals surface area contributed by atoms with Crippen LogP contribution in [0.2, 0.25) is 0 Å². The smallest absolute Gasteiger partial charge is 0.303 e. The Morgan fingerprint density at radius 3 is 1.93 bits per heavy atom. The molecule has 0 bridgehead atoms. The van der Waals surface area contributed by atoms with Crippen molar-refractivity contribution >= 4 is 11.8 Å². The zero-order chi connectivity index (χ0) is 10.5. The number of carbonyl (C=O) groups is 2. The van der Waals surface area contributed by atoms with Crippen LogP contribution >= 0.6 is 0 Å². The summed E-state index contributed by atoms with van der Waals surface area (Å²) >= 11 is 0. The number of rotatable bonds is 6. The van der Waals surface area contributed by atoms with E-state index in [0.717, 1.165) is 11.0 Å². The van der Waals surface area contributed by atoms with Crippen LogP contribution in [0, 0.1) is 0 Å². The highest BCUT2D eigenvalue weighted by molar-refractivity contribution is 5.82. The third-order valence-corrected chi connectivity index (χ3v) is 1.68. The normalized spacial score (nSPS) is 10.5. The lowest BCUT2D eigenvalue weighted by Gasteiger charge is -2.23. The number of carbonyl (C=O) groups excluding carboxylic acids is 1. The standard InChI is InChI=1S/C9H17NO3.HI/c1-10(2,3)7-6-8(11)4-5-9(12)13;/h4-7H2,1-3H3;1H. The molecule has 0 fully saturated rings. The molecule has 0 aliphatic rings. The highest BCUT2D eigenvalue weighted by Crippen LogP contribution is 1.99. The third kappa shape index (κ3) is 11.8. The molecule has 0 unspecified atom stereocenters. The number of halogens is 1. The molecular formula is C9H18INO3. The van der Waals surface area contributed by atoms with E-state index in [-0.39, 0.29) is 42.6 Å². The van der Waals surface area contributed by atoms with E-state index in [1.165, 1.54) is 0 Å². The van der Waals surface area contributed by atoms with Gasteiger partial charge in [-0.3, -0.25) is 9.59 Å². The van der Waals surface area contributed by atoms with Crippen molar-refractivity contribution in [2.45, 2.75) is 19.3 Å². The predicted octanol–water partition coefficient (Wildman–Crippen LogP) is -2.48. The van der Waals surface area contributed by atoms with Gasteiger partial charge in [0, 0.05) is 6.42 Å². The average molecular weight is 315 g/mol. The third-order valence-electron chi connectivity index (χ3n) is 1.68. The minimum absolute atomic E-state index is 0. The largest absolute Gasteiger partial charge is 1.00 e. The van der Waals surface area contributed by atoms with E-state index in [4.69, 9.17) is 5.11 Å². The van der Waals surface area contributed by atoms with Gasteiger partial charge in [-0.25, -0.2) is 0 Å². The van der Waals surface area contributed by atoms with Crippen LogP contribution in [0.5, 0.6) is 0 Å². The molecule has 0 aromatic rings. The van der Waals surface area contributed by atoms with Crippen LogP contribution in [0.4, 0.5) is 0 Å². The number of hydrogen-bond acceptors (Lipinski definition) is 2. The Morgan fingerprint density at radius 1 is 1.07 bits per heavy atom. The second-order valence-corrected chi connectivity index (χ2v) is 4.20. The van der Waals surface area contributed by atoms with Crippen molar-refractivity contribution in [1.82, 2.24) is 0 Å². The fraction of sp³-hybridized carbons (Fsp3) is 0.778. The molecule has 1 N–H and O–H groups in total. The molecule has 0 rings (SSSR count). The molecule has 4 nitrogen and oxygen atoms in total. The van der Waals surface area contributed by atoms with Gasteiger partial charge in [0.05, 0.1) is 40.5 Å². The molecule has 0 aromatic carbocycles. The molecule has 0 aliphatic heterocycles. The van der Waals surface area contributed by atoms with E-state index < -0.39 is 5.97 Å². The fourth-order valence-corrected chi connectivity index (χ4v) is 0.831. The van der Waals surface area contributed by atoms with Gasteiger partial charge in [-0.1, -0.05) is 0 Å². The topological polar surface area (TPSA) is 54.4 Å². The van der Waals surface area contributed by atoms with Crippen LogP contribution in [0.15, 0.2) is 0 Å². The van der Waals surface area contributed by atoms with E-state index in [9.17, 15) is 9.59 Å². The molecule has 0 radical (unpaired) electrons. The number of ketones is 1. The van der Waals surface area contributed by atoms with E-state index >= 15 is 0 Å². The molecule has 84 valence electrons. The Morgan fingerprint density at radius 2 is 1.57 bits per heavy atom. The molecule has 14 heavy (non-hydrogen) atoms. The molecule has 0 amide bonds. The summed E-state index contributed by atoms with van der Waals surface area (Å²) in [6.07, 6.45) is 0.585. The second kappa shape index (κ2) is 7.17. The Hall–Kier alpha value is -0.170. The summed E-state index contributed by atoms with van der Waals surface area (Å²) in [4.78, 5) is 21.3. The van der Waals surface area contributed by atoms with Crippen LogP contribution in [-0.2, 0) is 9.59 Å². The summed E-state index contributed by atoms with van der Waals surface area (Å²) in [7, 11) is 6.01. The molecule has 5 heteroatoms. The average Bonchev–Trinajstić information content (AvgIpc) is 1.95.